The molecule has 0 saturated carbocycles. The van der Waals surface area contributed by atoms with Crippen LogP contribution in [0.2, 0.25) is 0 Å². The van der Waals surface area contributed by atoms with E-state index in [1.165, 1.54) is 35.2 Å². The summed E-state index contributed by atoms with van der Waals surface area (Å²) >= 11 is 0. The molecule has 0 fully saturated rings. The van der Waals surface area contributed by atoms with E-state index < -0.39 is 35.4 Å². The van der Waals surface area contributed by atoms with Crippen molar-refractivity contribution in [2.45, 2.75) is 19.1 Å². The van der Waals surface area contributed by atoms with Crippen LogP contribution in [0.25, 0.3) is 0 Å². The van der Waals surface area contributed by atoms with Crippen LogP contribution >= 0.6 is 0 Å². The van der Waals surface area contributed by atoms with Gasteiger partial charge in [0.1, 0.15) is 12.4 Å². The Morgan fingerprint density at radius 2 is 1.75 bits per heavy atom. The second kappa shape index (κ2) is 8.11. The Kier molecular flexibility index (Phi) is 5.46. The van der Waals surface area contributed by atoms with E-state index in [9.17, 15) is 27.2 Å². The van der Waals surface area contributed by atoms with Gasteiger partial charge in [-0.05, 0) is 48.9 Å². The maximum absolute atomic E-state index is 13.6. The third-order valence-corrected chi connectivity index (χ3v) is 5.28. The lowest BCUT2D eigenvalue weighted by molar-refractivity contribution is -0.137. The Balaban J connectivity index is 1.87. The summed E-state index contributed by atoms with van der Waals surface area (Å²) in [7, 11) is 0. The Morgan fingerprint density at radius 1 is 1.03 bits per heavy atom. The number of halogens is 4. The molecule has 3 aromatic carbocycles. The van der Waals surface area contributed by atoms with Crippen molar-refractivity contribution in [2.24, 2.45) is 0 Å². The molecule has 2 amide bonds. The Bertz CT molecular complexity index is 1190. The van der Waals surface area contributed by atoms with Crippen LogP contribution in [-0.4, -0.2) is 23.3 Å². The van der Waals surface area contributed by atoms with E-state index in [0.29, 0.717) is 16.8 Å². The maximum atomic E-state index is 13.6. The quantitative estimate of drug-likeness (QED) is 0.545. The Labute approximate surface area is 181 Å². The number of alkyl halides is 3. The van der Waals surface area contributed by atoms with Gasteiger partial charge in [0, 0.05) is 16.8 Å². The van der Waals surface area contributed by atoms with Crippen LogP contribution in [0.3, 0.4) is 0 Å². The number of fused-ring (bicyclic) bond motifs is 1. The van der Waals surface area contributed by atoms with E-state index in [-0.39, 0.29) is 12.1 Å². The summed E-state index contributed by atoms with van der Waals surface area (Å²) in [5.74, 6) is -1.70. The highest BCUT2D eigenvalue weighted by Gasteiger charge is 2.36. The summed E-state index contributed by atoms with van der Waals surface area (Å²) in [6.45, 7) is 1.46. The molecule has 1 heterocycles. The molecule has 1 aliphatic rings. The molecule has 0 aliphatic carbocycles. The molecule has 3 aromatic rings. The van der Waals surface area contributed by atoms with Crippen molar-refractivity contribution >= 4 is 17.5 Å². The fourth-order valence-corrected chi connectivity index (χ4v) is 3.81. The van der Waals surface area contributed by atoms with Crippen molar-refractivity contribution in [1.29, 1.82) is 0 Å². The van der Waals surface area contributed by atoms with Gasteiger partial charge in [-0.25, -0.2) is 4.39 Å². The third kappa shape index (κ3) is 4.21. The van der Waals surface area contributed by atoms with Crippen LogP contribution in [0.1, 0.15) is 38.7 Å². The zero-order valence-corrected chi connectivity index (χ0v) is 16.9. The second-order valence-electron chi connectivity index (χ2n) is 7.60. The predicted molar refractivity (Wildman–Crippen MR) is 111 cm³/mol. The van der Waals surface area contributed by atoms with Crippen molar-refractivity contribution in [2.75, 3.05) is 11.9 Å². The van der Waals surface area contributed by atoms with Gasteiger partial charge in [-0.15, -0.1) is 0 Å². The van der Waals surface area contributed by atoms with E-state index in [2.05, 4.69) is 5.32 Å². The molecule has 1 N–H and O–H groups in total. The van der Waals surface area contributed by atoms with E-state index in [1.807, 2.05) is 6.92 Å². The summed E-state index contributed by atoms with van der Waals surface area (Å²) in [5, 5.41) is 2.75. The summed E-state index contributed by atoms with van der Waals surface area (Å²) in [4.78, 5) is 27.2. The summed E-state index contributed by atoms with van der Waals surface area (Å²) < 4.78 is 53.2. The summed E-state index contributed by atoms with van der Waals surface area (Å²) in [5.41, 5.74) is 1.29. The number of benzene rings is 3. The summed E-state index contributed by atoms with van der Waals surface area (Å²) in [6.07, 6.45) is -4.62. The number of anilines is 1. The van der Waals surface area contributed by atoms with Crippen LogP contribution in [0.5, 0.6) is 0 Å². The lowest BCUT2D eigenvalue weighted by Gasteiger charge is -2.31. The number of aryl methyl sites for hydroxylation is 1. The first-order valence-electron chi connectivity index (χ1n) is 9.77. The number of rotatable bonds is 2. The molecule has 0 unspecified atom stereocenters. The molecule has 1 atom stereocenters. The highest BCUT2D eigenvalue weighted by Crippen LogP contribution is 2.38. The smallest absolute Gasteiger partial charge is 0.324 e. The van der Waals surface area contributed by atoms with Gasteiger partial charge in [0.15, 0.2) is 0 Å². The number of nitrogens with one attached hydrogen (secondary N) is 1. The van der Waals surface area contributed by atoms with Crippen LogP contribution in [0.4, 0.5) is 23.2 Å². The molecule has 4 nitrogen and oxygen atoms in total. The Hall–Kier alpha value is -3.68. The van der Waals surface area contributed by atoms with Crippen LogP contribution in [-0.2, 0) is 11.0 Å². The van der Waals surface area contributed by atoms with Crippen molar-refractivity contribution in [1.82, 2.24) is 4.90 Å². The third-order valence-electron chi connectivity index (χ3n) is 5.28. The van der Waals surface area contributed by atoms with E-state index >= 15 is 0 Å². The molecular weight excluding hydrogens is 424 g/mol. The molecule has 32 heavy (non-hydrogen) atoms. The van der Waals surface area contributed by atoms with Crippen molar-refractivity contribution in [3.8, 4) is 0 Å². The Morgan fingerprint density at radius 3 is 2.44 bits per heavy atom. The van der Waals surface area contributed by atoms with Crippen LogP contribution in [0, 0.1) is 12.7 Å². The first kappa shape index (κ1) is 21.5. The zero-order valence-electron chi connectivity index (χ0n) is 16.9. The standard InChI is InChI=1S/C24H18F4N2O2/c1-14-5-10-20-19(11-14)22(15-6-8-18(25)9-7-15)30(13-21(31)29-20)23(32)16-3-2-4-17(12-16)24(26,27)28/h2-12,22H,13H2,1H3,(H,29,31)/t22-/m0/s1. The fraction of sp³-hybridized carbons (Fsp3) is 0.167. The van der Waals surface area contributed by atoms with Gasteiger partial charge in [0.05, 0.1) is 11.6 Å². The highest BCUT2D eigenvalue weighted by atomic mass is 19.4. The largest absolute Gasteiger partial charge is 0.416 e. The average molecular weight is 442 g/mol. The van der Waals surface area contributed by atoms with Gasteiger partial charge >= 0.3 is 6.18 Å². The molecule has 1 aliphatic heterocycles. The van der Waals surface area contributed by atoms with E-state index in [4.69, 9.17) is 0 Å². The topological polar surface area (TPSA) is 49.4 Å². The number of nitrogens with zero attached hydrogens (tertiary/aromatic N) is 1. The van der Waals surface area contributed by atoms with Crippen molar-refractivity contribution in [3.63, 3.8) is 0 Å². The van der Waals surface area contributed by atoms with Crippen LogP contribution < -0.4 is 5.32 Å². The minimum Gasteiger partial charge on any atom is -0.324 e. The maximum Gasteiger partial charge on any atom is 0.416 e. The normalized spacial score (nSPS) is 16.2. The fourth-order valence-electron chi connectivity index (χ4n) is 3.81. The number of carbonyl (C=O) groups is 2. The number of amides is 2. The number of carbonyl (C=O) groups excluding carboxylic acids is 2. The molecule has 0 spiro atoms. The molecule has 8 heteroatoms. The SMILES string of the molecule is Cc1ccc2c(c1)[C@H](c1ccc(F)cc1)N(C(=O)c1cccc(C(F)(F)F)c1)CC(=O)N2. The molecule has 0 bridgehead atoms. The molecular formula is C24H18F4N2O2. The lowest BCUT2D eigenvalue weighted by atomic mass is 9.94. The van der Waals surface area contributed by atoms with E-state index in [0.717, 1.165) is 23.8 Å². The lowest BCUT2D eigenvalue weighted by Crippen LogP contribution is -2.39. The highest BCUT2D eigenvalue weighted by molar-refractivity contribution is 6.01. The first-order valence-corrected chi connectivity index (χ1v) is 9.77. The monoisotopic (exact) mass is 442 g/mol. The number of hydrogen-bond acceptors (Lipinski definition) is 2. The van der Waals surface area contributed by atoms with Crippen LogP contribution in [0.15, 0.2) is 66.7 Å². The first-order chi connectivity index (χ1) is 15.1. The summed E-state index contributed by atoms with van der Waals surface area (Å²) in [6, 6.07) is 14.0. The molecule has 0 saturated heterocycles. The number of hydrogen-bond donors (Lipinski definition) is 1. The van der Waals surface area contributed by atoms with Gasteiger partial charge in [-0.3, -0.25) is 9.59 Å². The minimum absolute atomic E-state index is 0.198. The molecule has 164 valence electrons. The van der Waals surface area contributed by atoms with Crippen molar-refractivity contribution < 1.29 is 27.2 Å². The van der Waals surface area contributed by atoms with Gasteiger partial charge in [0.25, 0.3) is 5.91 Å². The second-order valence-corrected chi connectivity index (χ2v) is 7.60. The van der Waals surface area contributed by atoms with Gasteiger partial charge in [0.2, 0.25) is 5.91 Å². The van der Waals surface area contributed by atoms with Gasteiger partial charge in [-0.2, -0.15) is 13.2 Å². The molecule has 4 rings (SSSR count). The van der Waals surface area contributed by atoms with E-state index in [1.54, 1.807) is 18.2 Å². The average Bonchev–Trinajstić information content (AvgIpc) is 2.89. The minimum atomic E-state index is -4.62. The molecule has 0 radical (unpaired) electrons. The van der Waals surface area contributed by atoms with Gasteiger partial charge in [-0.1, -0.05) is 35.9 Å². The predicted octanol–water partition coefficient (Wildman–Crippen LogP) is 5.34. The van der Waals surface area contributed by atoms with Gasteiger partial charge < -0.3 is 10.2 Å². The molecule has 0 aromatic heterocycles. The van der Waals surface area contributed by atoms with Crippen molar-refractivity contribution in [3.05, 3.63) is 100 Å². The zero-order chi connectivity index (χ0) is 23.0.